The average molecular weight is 674 g/mol. The van der Waals surface area contributed by atoms with Crippen molar-refractivity contribution in [3.05, 3.63) is 210 Å². The molecule has 2 aliphatic rings. The van der Waals surface area contributed by atoms with Crippen LogP contribution in [0.25, 0.3) is 78.5 Å². The van der Waals surface area contributed by atoms with Gasteiger partial charge in [-0.25, -0.2) is 15.0 Å². The first-order valence-corrected chi connectivity index (χ1v) is 18.1. The second-order valence-corrected chi connectivity index (χ2v) is 14.0. The van der Waals surface area contributed by atoms with Gasteiger partial charge in [0, 0.05) is 16.7 Å². The third kappa shape index (κ3) is 4.51. The minimum atomic E-state index is -0.398. The van der Waals surface area contributed by atoms with Gasteiger partial charge in [0.25, 0.3) is 0 Å². The zero-order valence-corrected chi connectivity index (χ0v) is 28.7. The Kier molecular flexibility index (Phi) is 6.47. The normalized spacial score (nSPS) is 13.5. The van der Waals surface area contributed by atoms with Crippen molar-refractivity contribution >= 4 is 33.2 Å². The lowest BCUT2D eigenvalue weighted by Gasteiger charge is -2.33. The van der Waals surface area contributed by atoms with E-state index >= 15 is 0 Å². The maximum atomic E-state index is 5.12. The Hall–Kier alpha value is -6.97. The summed E-state index contributed by atoms with van der Waals surface area (Å²) in [4.78, 5) is 15.3. The Labute approximate surface area is 307 Å². The largest absolute Gasteiger partial charge is 0.208 e. The summed E-state index contributed by atoms with van der Waals surface area (Å²) in [6.45, 7) is 0. The predicted molar refractivity (Wildman–Crippen MR) is 217 cm³/mol. The molecular weight excluding hydrogens is 643 g/mol. The van der Waals surface area contributed by atoms with Crippen LogP contribution in [-0.2, 0) is 5.41 Å². The van der Waals surface area contributed by atoms with Crippen LogP contribution in [0.2, 0.25) is 0 Å². The first kappa shape index (κ1) is 29.7. The van der Waals surface area contributed by atoms with Gasteiger partial charge in [-0.3, -0.25) is 0 Å². The number of rotatable bonds is 4. The molecule has 1 heterocycles. The molecule has 0 aliphatic heterocycles. The molecule has 0 unspecified atom stereocenters. The number of fused-ring (bicyclic) bond motifs is 9. The molecule has 0 N–H and O–H groups in total. The Morgan fingerprint density at radius 1 is 0.321 bits per heavy atom. The molecule has 0 fully saturated rings. The van der Waals surface area contributed by atoms with Crippen LogP contribution in [0, 0.1) is 0 Å². The SMILES string of the molecule is C1=C(c2ccc(-c3nc(-c4ccc5ccccc5c4)nc(-c4ccc5ccccc5c4)n3)cc2)C2(c3ccccc31)c1ccccc1-c1ccccc12. The van der Waals surface area contributed by atoms with Gasteiger partial charge in [-0.05, 0) is 84.3 Å². The zero-order valence-electron chi connectivity index (χ0n) is 28.7. The summed E-state index contributed by atoms with van der Waals surface area (Å²) < 4.78 is 0. The van der Waals surface area contributed by atoms with Crippen molar-refractivity contribution < 1.29 is 0 Å². The molecular formula is C50H31N3. The van der Waals surface area contributed by atoms with Gasteiger partial charge < -0.3 is 0 Å². The van der Waals surface area contributed by atoms with E-state index in [0.29, 0.717) is 17.5 Å². The van der Waals surface area contributed by atoms with E-state index in [0.717, 1.165) is 27.5 Å². The van der Waals surface area contributed by atoms with Gasteiger partial charge in [-0.2, -0.15) is 0 Å². The van der Waals surface area contributed by atoms with Gasteiger partial charge in [0.2, 0.25) is 0 Å². The van der Waals surface area contributed by atoms with Gasteiger partial charge in [0.1, 0.15) is 0 Å². The molecule has 1 aromatic heterocycles. The van der Waals surface area contributed by atoms with Crippen molar-refractivity contribution in [1.82, 2.24) is 15.0 Å². The number of benzene rings is 8. The van der Waals surface area contributed by atoms with Gasteiger partial charge >= 0.3 is 0 Å². The van der Waals surface area contributed by atoms with Crippen LogP contribution >= 0.6 is 0 Å². The number of aromatic nitrogens is 3. The molecule has 53 heavy (non-hydrogen) atoms. The van der Waals surface area contributed by atoms with Crippen molar-refractivity contribution in [2.75, 3.05) is 0 Å². The molecule has 246 valence electrons. The van der Waals surface area contributed by atoms with E-state index in [1.165, 1.54) is 55.3 Å². The molecule has 0 saturated heterocycles. The molecule has 0 atom stereocenters. The minimum Gasteiger partial charge on any atom is -0.208 e. The summed E-state index contributed by atoms with van der Waals surface area (Å²) in [6, 6.07) is 65.1. The lowest BCUT2D eigenvalue weighted by Crippen LogP contribution is -2.26. The standard InChI is InChI=1S/C50H31N3/c1-3-13-36-29-39(27-21-32(36)11-1)48-51-47(52-49(53-48)40-28-22-33-12-2-4-14-37(33)30-40)35-25-23-34(24-26-35)46-31-38-15-5-8-18-43(38)50(46)44-19-9-6-16-41(44)42-17-7-10-20-45(42)50/h1-31H. The first-order chi connectivity index (χ1) is 26.2. The molecule has 8 aromatic carbocycles. The fourth-order valence-corrected chi connectivity index (χ4v) is 8.71. The van der Waals surface area contributed by atoms with Crippen LogP contribution < -0.4 is 0 Å². The van der Waals surface area contributed by atoms with Gasteiger partial charge in [-0.1, -0.05) is 170 Å². The smallest absolute Gasteiger partial charge is 0.164 e. The van der Waals surface area contributed by atoms with Crippen molar-refractivity contribution in [2.24, 2.45) is 0 Å². The summed E-state index contributed by atoms with van der Waals surface area (Å²) in [5.74, 6) is 1.95. The Morgan fingerprint density at radius 3 is 1.30 bits per heavy atom. The quantitative estimate of drug-likeness (QED) is 0.187. The first-order valence-electron chi connectivity index (χ1n) is 18.1. The highest BCUT2D eigenvalue weighted by atomic mass is 15.0. The molecule has 2 aliphatic carbocycles. The summed E-state index contributed by atoms with van der Waals surface area (Å²) in [5, 5.41) is 4.67. The van der Waals surface area contributed by atoms with E-state index in [4.69, 9.17) is 15.0 Å². The molecule has 0 amide bonds. The predicted octanol–water partition coefficient (Wildman–Crippen LogP) is 12.0. The van der Waals surface area contributed by atoms with Crippen LogP contribution in [-0.4, -0.2) is 15.0 Å². The monoisotopic (exact) mass is 673 g/mol. The molecule has 0 saturated carbocycles. The average Bonchev–Trinajstić information content (AvgIpc) is 3.74. The third-order valence-corrected chi connectivity index (χ3v) is 11.1. The highest BCUT2D eigenvalue weighted by Gasteiger charge is 2.50. The topological polar surface area (TPSA) is 38.7 Å². The Morgan fingerprint density at radius 2 is 0.736 bits per heavy atom. The molecule has 1 spiro atoms. The summed E-state index contributed by atoms with van der Waals surface area (Å²) in [6.07, 6.45) is 2.39. The van der Waals surface area contributed by atoms with E-state index in [2.05, 4.69) is 188 Å². The van der Waals surface area contributed by atoms with Gasteiger partial charge in [-0.15, -0.1) is 0 Å². The second kappa shape index (κ2) is 11.5. The minimum absolute atomic E-state index is 0.398. The van der Waals surface area contributed by atoms with Crippen LogP contribution in [0.4, 0.5) is 0 Å². The number of hydrogen-bond donors (Lipinski definition) is 0. The van der Waals surface area contributed by atoms with Crippen molar-refractivity contribution in [3.8, 4) is 45.3 Å². The summed E-state index contributed by atoms with van der Waals surface area (Å²) >= 11 is 0. The van der Waals surface area contributed by atoms with Crippen molar-refractivity contribution in [1.29, 1.82) is 0 Å². The molecule has 9 aromatic rings. The van der Waals surface area contributed by atoms with Crippen LogP contribution in [0.3, 0.4) is 0 Å². The van der Waals surface area contributed by atoms with Gasteiger partial charge in [0.15, 0.2) is 17.5 Å². The Bertz CT molecular complexity index is 2810. The number of allylic oxidation sites excluding steroid dienone is 1. The summed E-state index contributed by atoms with van der Waals surface area (Å²) in [7, 11) is 0. The fraction of sp³-hybridized carbons (Fsp3) is 0.0200. The molecule has 3 nitrogen and oxygen atoms in total. The van der Waals surface area contributed by atoms with E-state index in [9.17, 15) is 0 Å². The van der Waals surface area contributed by atoms with Crippen LogP contribution in [0.1, 0.15) is 27.8 Å². The Balaban J connectivity index is 1.06. The number of hydrogen-bond acceptors (Lipinski definition) is 3. The maximum Gasteiger partial charge on any atom is 0.164 e. The van der Waals surface area contributed by atoms with Gasteiger partial charge in [0.05, 0.1) is 5.41 Å². The third-order valence-electron chi connectivity index (χ3n) is 11.1. The fourth-order valence-electron chi connectivity index (χ4n) is 8.71. The molecule has 0 bridgehead atoms. The lowest BCUT2D eigenvalue weighted by molar-refractivity contribution is 0.842. The van der Waals surface area contributed by atoms with E-state index in [-0.39, 0.29) is 0 Å². The van der Waals surface area contributed by atoms with E-state index < -0.39 is 5.41 Å². The van der Waals surface area contributed by atoms with E-state index in [1.54, 1.807) is 0 Å². The van der Waals surface area contributed by atoms with Crippen LogP contribution in [0.5, 0.6) is 0 Å². The van der Waals surface area contributed by atoms with E-state index in [1.807, 2.05) is 0 Å². The zero-order chi connectivity index (χ0) is 34.9. The highest BCUT2D eigenvalue weighted by Crippen LogP contribution is 2.62. The van der Waals surface area contributed by atoms with Crippen molar-refractivity contribution in [2.45, 2.75) is 5.41 Å². The lowest BCUT2D eigenvalue weighted by atomic mass is 9.68. The molecule has 0 radical (unpaired) electrons. The molecule has 3 heteroatoms. The maximum absolute atomic E-state index is 5.12. The number of nitrogens with zero attached hydrogens (tertiary/aromatic N) is 3. The highest BCUT2D eigenvalue weighted by molar-refractivity contribution is 6.05. The second-order valence-electron chi connectivity index (χ2n) is 14.0. The van der Waals surface area contributed by atoms with Crippen LogP contribution in [0.15, 0.2) is 182 Å². The van der Waals surface area contributed by atoms with Crippen molar-refractivity contribution in [3.63, 3.8) is 0 Å². The summed E-state index contributed by atoms with van der Waals surface area (Å²) in [5.41, 5.74) is 12.8. The molecule has 11 rings (SSSR count).